The predicted octanol–water partition coefficient (Wildman–Crippen LogP) is 4.25. The highest BCUT2D eigenvalue weighted by Gasteiger charge is 2.33. The summed E-state index contributed by atoms with van der Waals surface area (Å²) in [6.07, 6.45) is -0.546. The first-order valence-electron chi connectivity index (χ1n) is 7.50. The van der Waals surface area contributed by atoms with E-state index in [0.717, 1.165) is 42.8 Å². The fourth-order valence-corrected chi connectivity index (χ4v) is 2.83. The molecule has 0 aliphatic rings. The summed E-state index contributed by atoms with van der Waals surface area (Å²) in [4.78, 5) is 15.6. The number of halogens is 3. The van der Waals surface area contributed by atoms with Gasteiger partial charge in [0.15, 0.2) is 0 Å². The Morgan fingerprint density at radius 1 is 1.25 bits per heavy atom. The lowest BCUT2D eigenvalue weighted by Gasteiger charge is -2.09. The maximum atomic E-state index is 12.6. The Morgan fingerprint density at radius 2 is 2.00 bits per heavy atom. The molecular formula is C15H17F3N4OS. The number of alkyl halides is 3. The highest BCUT2D eigenvalue weighted by Crippen LogP contribution is 2.28. The van der Waals surface area contributed by atoms with Crippen LogP contribution in [0.25, 0.3) is 0 Å². The van der Waals surface area contributed by atoms with Crippen LogP contribution in [-0.2, 0) is 12.6 Å². The summed E-state index contributed by atoms with van der Waals surface area (Å²) in [5.74, 6) is -0.551. The van der Waals surface area contributed by atoms with Gasteiger partial charge < -0.3 is 0 Å². The third-order valence-corrected chi connectivity index (χ3v) is 4.20. The van der Waals surface area contributed by atoms with E-state index in [9.17, 15) is 18.0 Å². The van der Waals surface area contributed by atoms with Crippen molar-refractivity contribution in [3.63, 3.8) is 0 Å². The molecule has 0 fully saturated rings. The lowest BCUT2D eigenvalue weighted by atomic mass is 10.1. The summed E-state index contributed by atoms with van der Waals surface area (Å²) in [5.41, 5.74) is -0.939. The molecule has 1 amide bonds. The van der Waals surface area contributed by atoms with E-state index in [2.05, 4.69) is 27.4 Å². The highest BCUT2D eigenvalue weighted by atomic mass is 32.1. The monoisotopic (exact) mass is 358 g/mol. The molecule has 2 aromatic heterocycles. The van der Waals surface area contributed by atoms with Gasteiger partial charge in [0.05, 0.1) is 11.3 Å². The molecule has 0 saturated carbocycles. The maximum absolute atomic E-state index is 12.6. The lowest BCUT2D eigenvalue weighted by molar-refractivity contribution is -0.141. The minimum absolute atomic E-state index is 0.00927. The number of amides is 1. The Morgan fingerprint density at radius 3 is 2.62 bits per heavy atom. The first-order valence-corrected chi connectivity index (χ1v) is 8.31. The van der Waals surface area contributed by atoms with Gasteiger partial charge in [0, 0.05) is 6.42 Å². The van der Waals surface area contributed by atoms with Gasteiger partial charge >= 0.3 is 6.18 Å². The number of hydrogen-bond donors (Lipinski definition) is 1. The first-order chi connectivity index (χ1) is 11.3. The molecule has 0 bridgehead atoms. The number of carbonyl (C=O) groups is 1. The Labute approximate surface area is 141 Å². The van der Waals surface area contributed by atoms with Crippen molar-refractivity contribution >= 4 is 22.4 Å². The van der Waals surface area contributed by atoms with Crippen LogP contribution >= 0.6 is 11.3 Å². The van der Waals surface area contributed by atoms with Crippen LogP contribution in [0.15, 0.2) is 12.1 Å². The largest absolute Gasteiger partial charge is 0.433 e. The normalized spacial score (nSPS) is 11.5. The molecule has 5 nitrogen and oxygen atoms in total. The molecule has 2 rings (SSSR count). The van der Waals surface area contributed by atoms with Crippen LogP contribution in [-0.4, -0.2) is 21.1 Å². The molecule has 2 heterocycles. The van der Waals surface area contributed by atoms with Crippen molar-refractivity contribution in [2.45, 2.75) is 45.7 Å². The second kappa shape index (κ2) is 7.69. The molecule has 0 unspecified atom stereocenters. The summed E-state index contributed by atoms with van der Waals surface area (Å²) in [6, 6.07) is 1.90. The van der Waals surface area contributed by atoms with Crippen LogP contribution in [0.1, 0.15) is 52.9 Å². The van der Waals surface area contributed by atoms with Crippen LogP contribution in [0, 0.1) is 6.92 Å². The topological polar surface area (TPSA) is 67.8 Å². The number of rotatable bonds is 6. The molecule has 0 aliphatic heterocycles. The van der Waals surface area contributed by atoms with E-state index >= 15 is 0 Å². The van der Waals surface area contributed by atoms with Gasteiger partial charge in [-0.05, 0) is 25.5 Å². The fraction of sp³-hybridized carbons (Fsp3) is 0.467. The van der Waals surface area contributed by atoms with E-state index in [1.54, 1.807) is 0 Å². The SMILES string of the molecule is CCCCCc1nnc(NC(=O)c2ccc(C(F)(F)F)nc2C)s1. The number of aryl methyl sites for hydroxylation is 2. The van der Waals surface area contributed by atoms with Gasteiger partial charge in [-0.3, -0.25) is 10.1 Å². The van der Waals surface area contributed by atoms with Crippen molar-refractivity contribution < 1.29 is 18.0 Å². The van der Waals surface area contributed by atoms with Crippen molar-refractivity contribution in [2.75, 3.05) is 5.32 Å². The number of hydrogen-bond acceptors (Lipinski definition) is 5. The van der Waals surface area contributed by atoms with E-state index in [1.807, 2.05) is 0 Å². The van der Waals surface area contributed by atoms with Crippen LogP contribution in [0.4, 0.5) is 18.3 Å². The Kier molecular flexibility index (Phi) is 5.87. The van der Waals surface area contributed by atoms with E-state index in [1.165, 1.54) is 18.3 Å². The van der Waals surface area contributed by atoms with Gasteiger partial charge in [0.1, 0.15) is 10.7 Å². The van der Waals surface area contributed by atoms with Crippen LogP contribution < -0.4 is 5.32 Å². The molecule has 130 valence electrons. The van der Waals surface area contributed by atoms with Gasteiger partial charge in [-0.2, -0.15) is 13.2 Å². The number of pyridine rings is 1. The van der Waals surface area contributed by atoms with Gasteiger partial charge in [0.25, 0.3) is 5.91 Å². The van der Waals surface area contributed by atoms with E-state index in [-0.39, 0.29) is 11.3 Å². The molecule has 2 aromatic rings. The minimum Gasteiger partial charge on any atom is -0.296 e. The Hall–Kier alpha value is -2.03. The molecule has 0 radical (unpaired) electrons. The Bertz CT molecular complexity index is 715. The standard InChI is InChI=1S/C15H17F3N4OS/c1-3-4-5-6-12-21-22-14(24-12)20-13(23)10-7-8-11(15(16,17)18)19-9(10)2/h7-8H,3-6H2,1-2H3,(H,20,22,23). The number of unbranched alkanes of at least 4 members (excludes halogenated alkanes) is 2. The zero-order chi connectivity index (χ0) is 17.7. The van der Waals surface area contributed by atoms with Crippen LogP contribution in [0.5, 0.6) is 0 Å². The number of anilines is 1. The fourth-order valence-electron chi connectivity index (χ4n) is 2.05. The highest BCUT2D eigenvalue weighted by molar-refractivity contribution is 7.15. The maximum Gasteiger partial charge on any atom is 0.433 e. The molecule has 0 saturated heterocycles. The molecule has 0 aromatic carbocycles. The molecule has 0 atom stereocenters. The lowest BCUT2D eigenvalue weighted by Crippen LogP contribution is -2.16. The van der Waals surface area contributed by atoms with Gasteiger partial charge in [-0.1, -0.05) is 31.1 Å². The number of nitrogens with one attached hydrogen (secondary N) is 1. The number of carbonyl (C=O) groups excluding carboxylic acids is 1. The van der Waals surface area contributed by atoms with E-state index in [4.69, 9.17) is 0 Å². The van der Waals surface area contributed by atoms with Gasteiger partial charge in [-0.25, -0.2) is 4.98 Å². The number of nitrogens with zero attached hydrogens (tertiary/aromatic N) is 3. The third kappa shape index (κ3) is 4.73. The molecule has 1 N–H and O–H groups in total. The second-order valence-corrected chi connectivity index (χ2v) is 6.30. The van der Waals surface area contributed by atoms with E-state index in [0.29, 0.717) is 5.13 Å². The Balaban J connectivity index is 2.05. The summed E-state index contributed by atoms with van der Waals surface area (Å²) in [5, 5.41) is 11.6. The zero-order valence-corrected chi connectivity index (χ0v) is 14.1. The molecular weight excluding hydrogens is 341 g/mol. The smallest absolute Gasteiger partial charge is 0.296 e. The predicted molar refractivity (Wildman–Crippen MR) is 85.1 cm³/mol. The molecule has 24 heavy (non-hydrogen) atoms. The zero-order valence-electron chi connectivity index (χ0n) is 13.3. The summed E-state index contributed by atoms with van der Waals surface area (Å²) < 4.78 is 37.8. The van der Waals surface area contributed by atoms with E-state index < -0.39 is 17.8 Å². The molecule has 0 aliphatic carbocycles. The summed E-state index contributed by atoms with van der Waals surface area (Å²) >= 11 is 1.27. The van der Waals surface area contributed by atoms with Gasteiger partial charge in [-0.15, -0.1) is 10.2 Å². The third-order valence-electron chi connectivity index (χ3n) is 3.30. The second-order valence-electron chi connectivity index (χ2n) is 5.24. The molecule has 9 heteroatoms. The summed E-state index contributed by atoms with van der Waals surface area (Å²) in [6.45, 7) is 3.46. The number of aromatic nitrogens is 3. The average Bonchev–Trinajstić information content (AvgIpc) is 2.93. The summed E-state index contributed by atoms with van der Waals surface area (Å²) in [7, 11) is 0. The first kappa shape index (κ1) is 18.3. The van der Waals surface area contributed by atoms with Crippen molar-refractivity contribution in [3.8, 4) is 0 Å². The molecule has 0 spiro atoms. The van der Waals surface area contributed by atoms with Crippen molar-refractivity contribution in [1.82, 2.24) is 15.2 Å². The van der Waals surface area contributed by atoms with Crippen LogP contribution in [0.2, 0.25) is 0 Å². The van der Waals surface area contributed by atoms with Crippen molar-refractivity contribution in [3.05, 3.63) is 34.1 Å². The van der Waals surface area contributed by atoms with Crippen molar-refractivity contribution in [1.29, 1.82) is 0 Å². The van der Waals surface area contributed by atoms with Crippen molar-refractivity contribution in [2.24, 2.45) is 0 Å². The average molecular weight is 358 g/mol. The van der Waals surface area contributed by atoms with Gasteiger partial charge in [0.2, 0.25) is 5.13 Å². The minimum atomic E-state index is -4.54. The quantitative estimate of drug-likeness (QED) is 0.784. The van der Waals surface area contributed by atoms with Crippen LogP contribution in [0.3, 0.4) is 0 Å².